The van der Waals surface area contributed by atoms with Crippen LogP contribution in [-0.2, 0) is 9.47 Å². The van der Waals surface area contributed by atoms with Crippen LogP contribution in [0, 0.1) is 0 Å². The molecule has 0 aromatic rings. The molecule has 1 saturated heterocycles. The van der Waals surface area contributed by atoms with Crippen molar-refractivity contribution in [2.45, 2.75) is 76.9 Å². The first-order valence-electron chi connectivity index (χ1n) is 8.96. The zero-order valence-electron chi connectivity index (χ0n) is 14.0. The standard InChI is InChI=1S/C18H33NO2/c1-3-13-19-17(16-9-7-5-6-8-10-16)18(21-4-2)11-14-20-15-12-18/h9,17,19H,3-8,10-15H2,1-2H3. The van der Waals surface area contributed by atoms with Gasteiger partial charge in [-0.3, -0.25) is 0 Å². The molecule has 1 N–H and O–H groups in total. The summed E-state index contributed by atoms with van der Waals surface area (Å²) >= 11 is 0. The first-order valence-corrected chi connectivity index (χ1v) is 8.96. The molecule has 0 aromatic carbocycles. The maximum Gasteiger partial charge on any atom is 0.0916 e. The molecule has 1 aliphatic carbocycles. The van der Waals surface area contributed by atoms with Crippen molar-refractivity contribution in [3.8, 4) is 0 Å². The SMILES string of the molecule is CCCNC(C1=CCCCCC1)C1(OCC)CCOCC1. The minimum Gasteiger partial charge on any atom is -0.381 e. The molecule has 122 valence electrons. The van der Waals surface area contributed by atoms with Gasteiger partial charge in [0, 0.05) is 32.7 Å². The van der Waals surface area contributed by atoms with E-state index in [1.54, 1.807) is 5.57 Å². The van der Waals surface area contributed by atoms with E-state index in [0.29, 0.717) is 6.04 Å². The highest BCUT2D eigenvalue weighted by atomic mass is 16.5. The molecule has 3 heteroatoms. The van der Waals surface area contributed by atoms with Gasteiger partial charge in [-0.15, -0.1) is 0 Å². The molecule has 0 amide bonds. The minimum absolute atomic E-state index is 0.0572. The molecule has 2 rings (SSSR count). The van der Waals surface area contributed by atoms with Gasteiger partial charge in [0.1, 0.15) is 0 Å². The number of allylic oxidation sites excluding steroid dienone is 1. The third-order valence-corrected chi connectivity index (χ3v) is 4.84. The molecule has 3 nitrogen and oxygen atoms in total. The van der Waals surface area contributed by atoms with Gasteiger partial charge in [-0.2, -0.15) is 0 Å². The summed E-state index contributed by atoms with van der Waals surface area (Å²) < 4.78 is 12.0. The minimum atomic E-state index is -0.0572. The Kier molecular flexibility index (Phi) is 7.21. The van der Waals surface area contributed by atoms with Crippen molar-refractivity contribution in [2.75, 3.05) is 26.4 Å². The Bertz CT molecular complexity index is 316. The zero-order chi connectivity index (χ0) is 15.0. The molecule has 0 saturated carbocycles. The van der Waals surface area contributed by atoms with Crippen molar-refractivity contribution in [3.05, 3.63) is 11.6 Å². The fourth-order valence-corrected chi connectivity index (χ4v) is 3.77. The number of nitrogens with one attached hydrogen (secondary N) is 1. The lowest BCUT2D eigenvalue weighted by molar-refractivity contribution is -0.120. The topological polar surface area (TPSA) is 30.5 Å². The number of hydrogen-bond donors (Lipinski definition) is 1. The van der Waals surface area contributed by atoms with Gasteiger partial charge in [0.25, 0.3) is 0 Å². The molecule has 1 fully saturated rings. The van der Waals surface area contributed by atoms with E-state index in [9.17, 15) is 0 Å². The van der Waals surface area contributed by atoms with Crippen LogP contribution in [0.2, 0.25) is 0 Å². The van der Waals surface area contributed by atoms with Gasteiger partial charge in [-0.05, 0) is 45.6 Å². The Morgan fingerprint density at radius 1 is 1.24 bits per heavy atom. The molecule has 0 bridgehead atoms. The van der Waals surface area contributed by atoms with Gasteiger partial charge in [0.05, 0.1) is 11.6 Å². The fourth-order valence-electron chi connectivity index (χ4n) is 3.77. The molecule has 1 aliphatic heterocycles. The molecule has 2 aliphatic rings. The van der Waals surface area contributed by atoms with Crippen LogP contribution in [0.3, 0.4) is 0 Å². The molecular formula is C18H33NO2. The van der Waals surface area contributed by atoms with Crippen molar-refractivity contribution in [2.24, 2.45) is 0 Å². The van der Waals surface area contributed by atoms with Crippen molar-refractivity contribution < 1.29 is 9.47 Å². The van der Waals surface area contributed by atoms with Gasteiger partial charge in [0.2, 0.25) is 0 Å². The third kappa shape index (κ3) is 4.54. The normalized spacial score (nSPS) is 24.2. The van der Waals surface area contributed by atoms with E-state index in [1.807, 2.05) is 0 Å². The fraction of sp³-hybridized carbons (Fsp3) is 0.889. The van der Waals surface area contributed by atoms with E-state index in [0.717, 1.165) is 39.2 Å². The lowest BCUT2D eigenvalue weighted by atomic mass is 9.80. The average Bonchev–Trinajstić information content (AvgIpc) is 2.78. The summed E-state index contributed by atoms with van der Waals surface area (Å²) in [6.45, 7) is 7.88. The second-order valence-corrected chi connectivity index (χ2v) is 6.38. The third-order valence-electron chi connectivity index (χ3n) is 4.84. The summed E-state index contributed by atoms with van der Waals surface area (Å²) in [5.74, 6) is 0. The maximum absolute atomic E-state index is 6.34. The van der Waals surface area contributed by atoms with Crippen molar-refractivity contribution >= 4 is 0 Å². The lowest BCUT2D eigenvalue weighted by Crippen LogP contribution is -2.56. The van der Waals surface area contributed by atoms with E-state index in [-0.39, 0.29) is 5.60 Å². The Labute approximate surface area is 130 Å². The summed E-state index contributed by atoms with van der Waals surface area (Å²) in [4.78, 5) is 0. The summed E-state index contributed by atoms with van der Waals surface area (Å²) in [7, 11) is 0. The van der Waals surface area contributed by atoms with Gasteiger partial charge in [-0.25, -0.2) is 0 Å². The highest BCUT2D eigenvalue weighted by molar-refractivity contribution is 5.19. The van der Waals surface area contributed by atoms with Gasteiger partial charge in [0.15, 0.2) is 0 Å². The molecule has 1 heterocycles. The molecule has 0 spiro atoms. The Morgan fingerprint density at radius 3 is 2.76 bits per heavy atom. The maximum atomic E-state index is 6.34. The predicted molar refractivity (Wildman–Crippen MR) is 87.7 cm³/mol. The first kappa shape index (κ1) is 17.0. The van der Waals surface area contributed by atoms with Crippen molar-refractivity contribution in [1.29, 1.82) is 0 Å². The van der Waals surface area contributed by atoms with E-state index in [1.165, 1.54) is 38.5 Å². The number of ether oxygens (including phenoxy) is 2. The highest BCUT2D eigenvalue weighted by Gasteiger charge is 2.42. The van der Waals surface area contributed by atoms with E-state index in [2.05, 4.69) is 25.2 Å². The summed E-state index contributed by atoms with van der Waals surface area (Å²) in [5, 5.41) is 3.81. The Morgan fingerprint density at radius 2 is 2.05 bits per heavy atom. The molecule has 0 aromatic heterocycles. The van der Waals surface area contributed by atoms with Crippen molar-refractivity contribution in [3.63, 3.8) is 0 Å². The second kappa shape index (κ2) is 8.92. The van der Waals surface area contributed by atoms with Crippen LogP contribution in [0.15, 0.2) is 11.6 Å². The van der Waals surface area contributed by atoms with E-state index in [4.69, 9.17) is 9.47 Å². The van der Waals surface area contributed by atoms with Gasteiger partial charge in [-0.1, -0.05) is 25.0 Å². The largest absolute Gasteiger partial charge is 0.381 e. The van der Waals surface area contributed by atoms with E-state index >= 15 is 0 Å². The second-order valence-electron chi connectivity index (χ2n) is 6.38. The smallest absolute Gasteiger partial charge is 0.0916 e. The molecule has 1 unspecified atom stereocenters. The van der Waals surface area contributed by atoms with Gasteiger partial charge < -0.3 is 14.8 Å². The molecule has 21 heavy (non-hydrogen) atoms. The van der Waals surface area contributed by atoms with Crippen LogP contribution in [0.4, 0.5) is 0 Å². The van der Waals surface area contributed by atoms with E-state index < -0.39 is 0 Å². The number of rotatable bonds is 7. The van der Waals surface area contributed by atoms with Crippen LogP contribution in [0.1, 0.15) is 65.2 Å². The molecule has 0 radical (unpaired) electrons. The summed E-state index contributed by atoms with van der Waals surface area (Å²) in [5.41, 5.74) is 1.54. The van der Waals surface area contributed by atoms with Crippen LogP contribution in [0.25, 0.3) is 0 Å². The highest BCUT2D eigenvalue weighted by Crippen LogP contribution is 2.35. The van der Waals surface area contributed by atoms with Crippen LogP contribution in [-0.4, -0.2) is 38.0 Å². The monoisotopic (exact) mass is 295 g/mol. The van der Waals surface area contributed by atoms with Crippen molar-refractivity contribution in [1.82, 2.24) is 5.32 Å². The van der Waals surface area contributed by atoms with Crippen LogP contribution < -0.4 is 5.32 Å². The quantitative estimate of drug-likeness (QED) is 0.724. The average molecular weight is 295 g/mol. The van der Waals surface area contributed by atoms with Crippen LogP contribution >= 0.6 is 0 Å². The van der Waals surface area contributed by atoms with Crippen LogP contribution in [0.5, 0.6) is 0 Å². The Hall–Kier alpha value is -0.380. The molecular weight excluding hydrogens is 262 g/mol. The lowest BCUT2D eigenvalue weighted by Gasteiger charge is -2.44. The number of hydrogen-bond acceptors (Lipinski definition) is 3. The first-order chi connectivity index (χ1) is 10.3. The summed E-state index contributed by atoms with van der Waals surface area (Å²) in [6.07, 6.45) is 12.2. The molecule has 1 atom stereocenters. The summed E-state index contributed by atoms with van der Waals surface area (Å²) in [6, 6.07) is 0.374. The Balaban J connectivity index is 2.20. The van der Waals surface area contributed by atoms with Gasteiger partial charge >= 0.3 is 0 Å². The zero-order valence-corrected chi connectivity index (χ0v) is 14.0. The predicted octanol–water partition coefficient (Wildman–Crippen LogP) is 3.83.